The summed E-state index contributed by atoms with van der Waals surface area (Å²) in [6.07, 6.45) is 1.63. The van der Waals surface area contributed by atoms with Gasteiger partial charge in [-0.05, 0) is 19.1 Å². The Labute approximate surface area is 106 Å². The minimum absolute atomic E-state index is 0.179. The summed E-state index contributed by atoms with van der Waals surface area (Å²) >= 11 is 0. The highest BCUT2D eigenvalue weighted by atomic mass is 16.2. The number of hydrogen-bond acceptors (Lipinski definition) is 3. The van der Waals surface area contributed by atoms with E-state index in [0.29, 0.717) is 17.9 Å². The number of benzene rings is 1. The fraction of sp³-hybridized carbons (Fsp3) is 0.231. The number of para-hydroxylation sites is 1. The zero-order valence-electron chi connectivity index (χ0n) is 10.5. The van der Waals surface area contributed by atoms with Gasteiger partial charge >= 0.3 is 0 Å². The van der Waals surface area contributed by atoms with E-state index in [4.69, 9.17) is 5.73 Å². The lowest BCUT2D eigenvalue weighted by Gasteiger charge is -2.20. The summed E-state index contributed by atoms with van der Waals surface area (Å²) in [4.78, 5) is 14.0. The van der Waals surface area contributed by atoms with Crippen LogP contribution in [0.1, 0.15) is 17.4 Å². The molecule has 5 heteroatoms. The maximum Gasteiger partial charge on any atom is 0.280 e. The van der Waals surface area contributed by atoms with E-state index in [9.17, 15) is 4.79 Å². The number of nitrogen functional groups attached to an aromatic ring is 1. The molecular weight excluding hydrogens is 228 g/mol. The SMILES string of the molecule is CCN(C(=O)c1nn(C)cc1N)c1ccccc1. The maximum absolute atomic E-state index is 12.4. The standard InChI is InChI=1S/C13H16N4O/c1-3-17(10-7-5-4-6-8-10)13(18)12-11(14)9-16(2)15-12/h4-9H,3,14H2,1-2H3. The molecule has 5 nitrogen and oxygen atoms in total. The van der Waals surface area contributed by atoms with Crippen LogP contribution in [0.25, 0.3) is 0 Å². The molecule has 1 amide bonds. The van der Waals surface area contributed by atoms with Crippen molar-refractivity contribution in [1.29, 1.82) is 0 Å². The van der Waals surface area contributed by atoms with Gasteiger partial charge in [-0.3, -0.25) is 9.48 Å². The van der Waals surface area contributed by atoms with Crippen molar-refractivity contribution in [2.75, 3.05) is 17.2 Å². The van der Waals surface area contributed by atoms with Crippen LogP contribution in [0.3, 0.4) is 0 Å². The molecule has 0 unspecified atom stereocenters. The first-order valence-corrected chi connectivity index (χ1v) is 5.79. The molecule has 0 spiro atoms. The van der Waals surface area contributed by atoms with E-state index in [1.54, 1.807) is 22.8 Å². The zero-order chi connectivity index (χ0) is 13.1. The van der Waals surface area contributed by atoms with Gasteiger partial charge in [0.15, 0.2) is 5.69 Å². The number of carbonyl (C=O) groups excluding carboxylic acids is 1. The van der Waals surface area contributed by atoms with Gasteiger partial charge in [-0.25, -0.2) is 0 Å². The molecule has 94 valence electrons. The molecule has 1 aromatic heterocycles. The van der Waals surface area contributed by atoms with Crippen LogP contribution >= 0.6 is 0 Å². The molecule has 0 saturated heterocycles. The summed E-state index contributed by atoms with van der Waals surface area (Å²) in [6, 6.07) is 9.48. The summed E-state index contributed by atoms with van der Waals surface area (Å²) in [5.41, 5.74) is 7.32. The Kier molecular flexibility index (Phi) is 3.32. The topological polar surface area (TPSA) is 64.2 Å². The van der Waals surface area contributed by atoms with E-state index in [-0.39, 0.29) is 5.91 Å². The summed E-state index contributed by atoms with van der Waals surface area (Å²) in [6.45, 7) is 2.49. The lowest BCUT2D eigenvalue weighted by molar-refractivity contribution is 0.0983. The Hall–Kier alpha value is -2.30. The number of anilines is 2. The van der Waals surface area contributed by atoms with E-state index < -0.39 is 0 Å². The highest BCUT2D eigenvalue weighted by Crippen LogP contribution is 2.18. The van der Waals surface area contributed by atoms with E-state index in [2.05, 4.69) is 5.10 Å². The first-order chi connectivity index (χ1) is 8.63. The number of carbonyl (C=O) groups is 1. The molecule has 0 aliphatic rings. The summed E-state index contributed by atoms with van der Waals surface area (Å²) in [5, 5.41) is 4.10. The normalized spacial score (nSPS) is 10.3. The number of hydrogen-bond donors (Lipinski definition) is 1. The summed E-state index contributed by atoms with van der Waals surface area (Å²) < 4.78 is 1.54. The zero-order valence-corrected chi connectivity index (χ0v) is 10.5. The third-order valence-corrected chi connectivity index (χ3v) is 2.69. The second kappa shape index (κ2) is 4.91. The van der Waals surface area contributed by atoms with E-state index in [0.717, 1.165) is 5.69 Å². The van der Waals surface area contributed by atoms with Gasteiger partial charge in [-0.2, -0.15) is 5.10 Å². The minimum atomic E-state index is -0.179. The van der Waals surface area contributed by atoms with Crippen molar-refractivity contribution in [3.63, 3.8) is 0 Å². The van der Waals surface area contributed by atoms with Crippen molar-refractivity contribution < 1.29 is 4.79 Å². The van der Waals surface area contributed by atoms with E-state index in [1.807, 2.05) is 37.3 Å². The fourth-order valence-electron chi connectivity index (χ4n) is 1.85. The number of nitrogens with zero attached hydrogens (tertiary/aromatic N) is 3. The van der Waals surface area contributed by atoms with Gasteiger partial charge in [0.1, 0.15) is 0 Å². The fourth-order valence-corrected chi connectivity index (χ4v) is 1.85. The van der Waals surface area contributed by atoms with Crippen LogP contribution in [0.15, 0.2) is 36.5 Å². The molecule has 0 aliphatic carbocycles. The molecule has 2 N–H and O–H groups in total. The molecule has 0 saturated carbocycles. The predicted molar refractivity (Wildman–Crippen MR) is 71.4 cm³/mol. The Balaban J connectivity index is 2.34. The highest BCUT2D eigenvalue weighted by Gasteiger charge is 2.21. The van der Waals surface area contributed by atoms with Crippen molar-refractivity contribution in [2.45, 2.75) is 6.92 Å². The lowest BCUT2D eigenvalue weighted by atomic mass is 10.2. The van der Waals surface area contributed by atoms with Crippen LogP contribution in [-0.2, 0) is 7.05 Å². The number of rotatable bonds is 3. The van der Waals surface area contributed by atoms with Gasteiger partial charge in [-0.15, -0.1) is 0 Å². The van der Waals surface area contributed by atoms with Crippen LogP contribution in [0, 0.1) is 0 Å². The van der Waals surface area contributed by atoms with Crippen molar-refractivity contribution in [1.82, 2.24) is 9.78 Å². The molecule has 1 heterocycles. The summed E-state index contributed by atoms with van der Waals surface area (Å²) in [5.74, 6) is -0.179. The first-order valence-electron chi connectivity index (χ1n) is 5.79. The molecule has 0 fully saturated rings. The lowest BCUT2D eigenvalue weighted by Crippen LogP contribution is -2.31. The van der Waals surface area contributed by atoms with Crippen LogP contribution in [-0.4, -0.2) is 22.2 Å². The quantitative estimate of drug-likeness (QED) is 0.893. The number of nitrogens with two attached hydrogens (primary N) is 1. The Morgan fingerprint density at radius 3 is 2.56 bits per heavy atom. The van der Waals surface area contributed by atoms with Crippen molar-refractivity contribution in [3.05, 3.63) is 42.2 Å². The molecule has 2 rings (SSSR count). The molecule has 18 heavy (non-hydrogen) atoms. The van der Waals surface area contributed by atoms with E-state index >= 15 is 0 Å². The average Bonchev–Trinajstić information content (AvgIpc) is 2.70. The third-order valence-electron chi connectivity index (χ3n) is 2.69. The number of aromatic nitrogens is 2. The average molecular weight is 244 g/mol. The van der Waals surface area contributed by atoms with Gasteiger partial charge in [0.2, 0.25) is 0 Å². The third kappa shape index (κ3) is 2.20. The molecule has 0 radical (unpaired) electrons. The highest BCUT2D eigenvalue weighted by molar-refractivity contribution is 6.07. The Bertz CT molecular complexity index is 547. The van der Waals surface area contributed by atoms with Gasteiger partial charge in [-0.1, -0.05) is 18.2 Å². The summed E-state index contributed by atoms with van der Waals surface area (Å²) in [7, 11) is 1.74. The molecule has 2 aromatic rings. The smallest absolute Gasteiger partial charge is 0.280 e. The molecular formula is C13H16N4O. The van der Waals surface area contributed by atoms with Crippen LogP contribution in [0.5, 0.6) is 0 Å². The largest absolute Gasteiger partial charge is 0.396 e. The van der Waals surface area contributed by atoms with Crippen molar-refractivity contribution >= 4 is 17.3 Å². The van der Waals surface area contributed by atoms with Crippen molar-refractivity contribution in [2.24, 2.45) is 7.05 Å². The number of aryl methyl sites for hydroxylation is 1. The van der Waals surface area contributed by atoms with Crippen LogP contribution in [0.4, 0.5) is 11.4 Å². The minimum Gasteiger partial charge on any atom is -0.396 e. The monoisotopic (exact) mass is 244 g/mol. The number of amides is 1. The van der Waals surface area contributed by atoms with Crippen molar-refractivity contribution in [3.8, 4) is 0 Å². The predicted octanol–water partition coefficient (Wildman–Crippen LogP) is 1.67. The van der Waals surface area contributed by atoms with Crippen LogP contribution < -0.4 is 10.6 Å². The van der Waals surface area contributed by atoms with Crippen LogP contribution in [0.2, 0.25) is 0 Å². The van der Waals surface area contributed by atoms with E-state index in [1.165, 1.54) is 0 Å². The second-order valence-corrected chi connectivity index (χ2v) is 3.99. The molecule has 0 atom stereocenters. The van der Waals surface area contributed by atoms with Gasteiger partial charge in [0.25, 0.3) is 5.91 Å². The first kappa shape index (κ1) is 12.2. The van der Waals surface area contributed by atoms with Gasteiger partial charge < -0.3 is 10.6 Å². The second-order valence-electron chi connectivity index (χ2n) is 3.99. The Morgan fingerprint density at radius 2 is 2.06 bits per heavy atom. The Morgan fingerprint density at radius 1 is 1.39 bits per heavy atom. The maximum atomic E-state index is 12.4. The molecule has 0 bridgehead atoms. The molecule has 0 aliphatic heterocycles. The van der Waals surface area contributed by atoms with Gasteiger partial charge in [0, 0.05) is 25.5 Å². The van der Waals surface area contributed by atoms with Gasteiger partial charge in [0.05, 0.1) is 5.69 Å². The molecule has 1 aromatic carbocycles.